The second-order valence-electron chi connectivity index (χ2n) is 5.39. The van der Waals surface area contributed by atoms with Crippen molar-refractivity contribution < 1.29 is 4.42 Å². The second kappa shape index (κ2) is 3.86. The fourth-order valence-corrected chi connectivity index (χ4v) is 3.35. The SMILES string of the molecule is c1ccc2c(c1)oc1c3ccccc3c3ccccc3c21. The Kier molecular flexibility index (Phi) is 2.01. The fourth-order valence-electron chi connectivity index (χ4n) is 3.35. The zero-order valence-corrected chi connectivity index (χ0v) is 11.3. The van der Waals surface area contributed by atoms with E-state index in [1.54, 1.807) is 0 Å². The van der Waals surface area contributed by atoms with Crippen molar-refractivity contribution in [2.75, 3.05) is 0 Å². The van der Waals surface area contributed by atoms with Crippen LogP contribution in [0.3, 0.4) is 0 Å². The molecule has 0 saturated carbocycles. The Morgan fingerprint density at radius 3 is 1.76 bits per heavy atom. The summed E-state index contributed by atoms with van der Waals surface area (Å²) in [6.45, 7) is 0. The van der Waals surface area contributed by atoms with Gasteiger partial charge in [0.1, 0.15) is 11.2 Å². The first-order valence-corrected chi connectivity index (χ1v) is 7.14. The Balaban J connectivity index is 2.25. The van der Waals surface area contributed by atoms with Crippen LogP contribution in [0.25, 0.3) is 43.5 Å². The Morgan fingerprint density at radius 2 is 1.00 bits per heavy atom. The molecule has 0 N–H and O–H groups in total. The molecule has 0 atom stereocenters. The minimum atomic E-state index is 0.953. The van der Waals surface area contributed by atoms with Crippen LogP contribution in [0.15, 0.2) is 77.2 Å². The maximum absolute atomic E-state index is 6.17. The van der Waals surface area contributed by atoms with Crippen molar-refractivity contribution >= 4 is 43.5 Å². The fraction of sp³-hybridized carbons (Fsp3) is 0. The van der Waals surface area contributed by atoms with Crippen LogP contribution >= 0.6 is 0 Å². The first-order chi connectivity index (χ1) is 10.4. The summed E-state index contributed by atoms with van der Waals surface area (Å²) < 4.78 is 6.17. The summed E-state index contributed by atoms with van der Waals surface area (Å²) in [7, 11) is 0. The average molecular weight is 268 g/mol. The Labute approximate surface area is 121 Å². The molecule has 1 nitrogen and oxygen atoms in total. The van der Waals surface area contributed by atoms with Crippen molar-refractivity contribution in [2.45, 2.75) is 0 Å². The summed E-state index contributed by atoms with van der Waals surface area (Å²) in [5.41, 5.74) is 1.94. The lowest BCUT2D eigenvalue weighted by Gasteiger charge is -2.05. The standard InChI is InChI=1S/C20H12O/c1-3-9-15-13(7-1)14-8-2-4-10-16(14)20-19(15)17-11-5-6-12-18(17)21-20/h1-12H. The van der Waals surface area contributed by atoms with E-state index in [0.717, 1.165) is 11.2 Å². The molecule has 4 aromatic carbocycles. The highest BCUT2D eigenvalue weighted by molar-refractivity contribution is 6.30. The summed E-state index contributed by atoms with van der Waals surface area (Å²) in [5, 5.41) is 7.39. The molecule has 0 amide bonds. The lowest BCUT2D eigenvalue weighted by atomic mass is 9.97. The van der Waals surface area contributed by atoms with Crippen LogP contribution in [0.4, 0.5) is 0 Å². The number of hydrogen-bond acceptors (Lipinski definition) is 1. The van der Waals surface area contributed by atoms with Gasteiger partial charge in [0.25, 0.3) is 0 Å². The predicted octanol–water partition coefficient (Wildman–Crippen LogP) is 5.89. The molecule has 0 bridgehead atoms. The molecule has 98 valence electrons. The smallest absolute Gasteiger partial charge is 0.143 e. The number of hydrogen-bond donors (Lipinski definition) is 0. The van der Waals surface area contributed by atoms with Gasteiger partial charge in [-0.2, -0.15) is 0 Å². The minimum Gasteiger partial charge on any atom is -0.455 e. The van der Waals surface area contributed by atoms with E-state index in [9.17, 15) is 0 Å². The first-order valence-electron chi connectivity index (χ1n) is 7.14. The first kappa shape index (κ1) is 10.9. The number of rotatable bonds is 0. The zero-order chi connectivity index (χ0) is 13.8. The molecular weight excluding hydrogens is 256 g/mol. The highest BCUT2D eigenvalue weighted by atomic mass is 16.3. The van der Waals surface area contributed by atoms with Gasteiger partial charge in [-0.1, -0.05) is 66.7 Å². The monoisotopic (exact) mass is 268 g/mol. The summed E-state index contributed by atoms with van der Waals surface area (Å²) in [4.78, 5) is 0. The van der Waals surface area contributed by atoms with Gasteiger partial charge in [-0.05, 0) is 22.2 Å². The van der Waals surface area contributed by atoms with Gasteiger partial charge >= 0.3 is 0 Å². The van der Waals surface area contributed by atoms with E-state index in [0.29, 0.717) is 0 Å². The third-order valence-corrected chi connectivity index (χ3v) is 4.25. The maximum atomic E-state index is 6.17. The van der Waals surface area contributed by atoms with Gasteiger partial charge in [-0.15, -0.1) is 0 Å². The highest BCUT2D eigenvalue weighted by Gasteiger charge is 2.14. The number of para-hydroxylation sites is 1. The van der Waals surface area contributed by atoms with Gasteiger partial charge in [0.15, 0.2) is 0 Å². The molecule has 5 rings (SSSR count). The van der Waals surface area contributed by atoms with Crippen molar-refractivity contribution in [3.05, 3.63) is 72.8 Å². The van der Waals surface area contributed by atoms with Gasteiger partial charge in [-0.3, -0.25) is 0 Å². The molecule has 1 aromatic heterocycles. The van der Waals surface area contributed by atoms with Crippen LogP contribution in [0.5, 0.6) is 0 Å². The lowest BCUT2D eigenvalue weighted by molar-refractivity contribution is 0.673. The quantitative estimate of drug-likeness (QED) is 0.319. The van der Waals surface area contributed by atoms with Gasteiger partial charge in [0.05, 0.1) is 0 Å². The Hall–Kier alpha value is -2.80. The molecule has 0 unspecified atom stereocenters. The van der Waals surface area contributed by atoms with E-state index in [1.807, 2.05) is 12.1 Å². The van der Waals surface area contributed by atoms with E-state index < -0.39 is 0 Å². The number of benzene rings is 4. The van der Waals surface area contributed by atoms with Crippen LogP contribution in [0.2, 0.25) is 0 Å². The lowest BCUT2D eigenvalue weighted by Crippen LogP contribution is -1.79. The summed E-state index contributed by atoms with van der Waals surface area (Å²) >= 11 is 0. The van der Waals surface area contributed by atoms with Crippen LogP contribution in [-0.4, -0.2) is 0 Å². The van der Waals surface area contributed by atoms with Crippen molar-refractivity contribution in [2.24, 2.45) is 0 Å². The molecule has 0 aliphatic carbocycles. The number of fused-ring (bicyclic) bond motifs is 8. The van der Waals surface area contributed by atoms with Crippen LogP contribution in [0, 0.1) is 0 Å². The van der Waals surface area contributed by atoms with E-state index in [1.165, 1.54) is 32.3 Å². The molecule has 21 heavy (non-hydrogen) atoms. The maximum Gasteiger partial charge on any atom is 0.143 e. The molecule has 0 aliphatic heterocycles. The number of furan rings is 1. The van der Waals surface area contributed by atoms with E-state index in [4.69, 9.17) is 4.42 Å². The predicted molar refractivity (Wildman–Crippen MR) is 88.7 cm³/mol. The van der Waals surface area contributed by atoms with Crippen LogP contribution in [0.1, 0.15) is 0 Å². The van der Waals surface area contributed by atoms with Crippen molar-refractivity contribution in [3.63, 3.8) is 0 Å². The third-order valence-electron chi connectivity index (χ3n) is 4.25. The van der Waals surface area contributed by atoms with Gasteiger partial charge in [-0.25, -0.2) is 0 Å². The van der Waals surface area contributed by atoms with Gasteiger partial charge in [0.2, 0.25) is 0 Å². The summed E-state index contributed by atoms with van der Waals surface area (Å²) in [6, 6.07) is 25.3. The van der Waals surface area contributed by atoms with E-state index in [2.05, 4.69) is 60.7 Å². The van der Waals surface area contributed by atoms with Crippen LogP contribution < -0.4 is 0 Å². The zero-order valence-electron chi connectivity index (χ0n) is 11.3. The molecule has 0 radical (unpaired) electrons. The Bertz CT molecular complexity index is 1130. The normalized spacial score (nSPS) is 11.8. The molecule has 0 fully saturated rings. The van der Waals surface area contributed by atoms with Gasteiger partial charge < -0.3 is 4.42 Å². The molecule has 1 heterocycles. The second-order valence-corrected chi connectivity index (χ2v) is 5.39. The van der Waals surface area contributed by atoms with Crippen molar-refractivity contribution in [1.82, 2.24) is 0 Å². The largest absolute Gasteiger partial charge is 0.455 e. The highest BCUT2D eigenvalue weighted by Crippen LogP contribution is 2.40. The minimum absolute atomic E-state index is 0.953. The van der Waals surface area contributed by atoms with Gasteiger partial charge in [0, 0.05) is 16.2 Å². The molecule has 5 aromatic rings. The summed E-state index contributed by atoms with van der Waals surface area (Å²) in [5.74, 6) is 0. The molecule has 0 aliphatic rings. The molecule has 0 saturated heterocycles. The molecular formula is C20H12O. The van der Waals surface area contributed by atoms with E-state index >= 15 is 0 Å². The molecule has 1 heteroatoms. The van der Waals surface area contributed by atoms with Crippen molar-refractivity contribution in [1.29, 1.82) is 0 Å². The van der Waals surface area contributed by atoms with Crippen molar-refractivity contribution in [3.8, 4) is 0 Å². The van der Waals surface area contributed by atoms with E-state index in [-0.39, 0.29) is 0 Å². The topological polar surface area (TPSA) is 13.1 Å². The average Bonchev–Trinajstić information content (AvgIpc) is 2.95. The summed E-state index contributed by atoms with van der Waals surface area (Å²) in [6.07, 6.45) is 0. The third kappa shape index (κ3) is 1.35. The van der Waals surface area contributed by atoms with Crippen LogP contribution in [-0.2, 0) is 0 Å². The molecule has 0 spiro atoms. The Morgan fingerprint density at radius 1 is 0.476 bits per heavy atom.